The Hall–Kier alpha value is -2.96. The van der Waals surface area contributed by atoms with Gasteiger partial charge in [-0.1, -0.05) is 13.3 Å². The van der Waals surface area contributed by atoms with Crippen molar-refractivity contribution < 1.29 is 14.3 Å². The second-order valence-corrected chi connectivity index (χ2v) is 5.52. The van der Waals surface area contributed by atoms with E-state index >= 15 is 0 Å². The molecule has 1 aromatic heterocycles. The smallest absolute Gasteiger partial charge is 0.337 e. The van der Waals surface area contributed by atoms with E-state index in [1.54, 1.807) is 37.3 Å². The number of nitrogens with one attached hydrogen (secondary N) is 2. The lowest BCUT2D eigenvalue weighted by atomic mass is 10.2. The quantitative estimate of drug-likeness (QED) is 0.594. The molecule has 2 aromatic rings. The minimum atomic E-state index is -0.399. The van der Waals surface area contributed by atoms with E-state index < -0.39 is 5.97 Å². The van der Waals surface area contributed by atoms with Crippen molar-refractivity contribution in [2.45, 2.75) is 26.7 Å². The molecule has 0 unspecified atom stereocenters. The third kappa shape index (κ3) is 5.27. The number of carbonyl (C=O) groups is 2. The van der Waals surface area contributed by atoms with Crippen LogP contribution in [-0.2, 0) is 4.74 Å². The highest BCUT2D eigenvalue weighted by Gasteiger charge is 2.11. The SMILES string of the molecule is CCCCNC(=O)c1cc(C)nc(Nc2ccc(C(=O)OC)cc2)n1. The van der Waals surface area contributed by atoms with Gasteiger partial charge < -0.3 is 15.4 Å². The van der Waals surface area contributed by atoms with Gasteiger partial charge >= 0.3 is 5.97 Å². The summed E-state index contributed by atoms with van der Waals surface area (Å²) in [5.41, 5.74) is 2.16. The summed E-state index contributed by atoms with van der Waals surface area (Å²) in [6, 6.07) is 8.37. The standard InChI is InChI=1S/C18H22N4O3/c1-4-5-10-19-16(23)15-11-12(2)20-18(22-15)21-14-8-6-13(7-9-14)17(24)25-3/h6-9,11H,4-5,10H2,1-3H3,(H,19,23)(H,20,21,22). The largest absolute Gasteiger partial charge is 0.465 e. The number of anilines is 2. The van der Waals surface area contributed by atoms with Crippen LogP contribution in [0.15, 0.2) is 30.3 Å². The van der Waals surface area contributed by atoms with Gasteiger partial charge in [-0.25, -0.2) is 14.8 Å². The van der Waals surface area contributed by atoms with Gasteiger partial charge in [0.05, 0.1) is 12.7 Å². The molecule has 132 valence electrons. The molecule has 0 aliphatic rings. The van der Waals surface area contributed by atoms with E-state index in [9.17, 15) is 9.59 Å². The summed E-state index contributed by atoms with van der Waals surface area (Å²) in [6.45, 7) is 4.49. The van der Waals surface area contributed by atoms with Gasteiger partial charge in [0, 0.05) is 17.9 Å². The molecule has 1 heterocycles. The summed E-state index contributed by atoms with van der Waals surface area (Å²) in [5, 5.41) is 5.87. The van der Waals surface area contributed by atoms with Crippen LogP contribution in [0.5, 0.6) is 0 Å². The van der Waals surface area contributed by atoms with Gasteiger partial charge in [0.2, 0.25) is 5.95 Å². The number of hydrogen-bond acceptors (Lipinski definition) is 6. The van der Waals surface area contributed by atoms with Crippen LogP contribution in [0, 0.1) is 6.92 Å². The van der Waals surface area contributed by atoms with E-state index in [-0.39, 0.29) is 5.91 Å². The molecule has 7 nitrogen and oxygen atoms in total. The number of methoxy groups -OCH3 is 1. The number of unbranched alkanes of at least 4 members (excludes halogenated alkanes) is 1. The van der Waals surface area contributed by atoms with E-state index in [1.807, 2.05) is 0 Å². The van der Waals surface area contributed by atoms with Crippen molar-refractivity contribution in [3.8, 4) is 0 Å². The van der Waals surface area contributed by atoms with E-state index in [4.69, 9.17) is 0 Å². The minimum absolute atomic E-state index is 0.219. The van der Waals surface area contributed by atoms with Gasteiger partial charge in [-0.05, 0) is 43.7 Å². The van der Waals surface area contributed by atoms with Gasteiger partial charge in [0.15, 0.2) is 0 Å². The first-order valence-corrected chi connectivity index (χ1v) is 8.12. The highest BCUT2D eigenvalue weighted by Crippen LogP contribution is 2.15. The lowest BCUT2D eigenvalue weighted by Crippen LogP contribution is -2.25. The summed E-state index contributed by atoms with van der Waals surface area (Å²) in [4.78, 5) is 32.1. The molecule has 0 fully saturated rings. The molecule has 0 aliphatic heterocycles. The second-order valence-electron chi connectivity index (χ2n) is 5.52. The highest BCUT2D eigenvalue weighted by molar-refractivity contribution is 5.92. The van der Waals surface area contributed by atoms with Crippen LogP contribution < -0.4 is 10.6 Å². The van der Waals surface area contributed by atoms with Crippen LogP contribution in [0.25, 0.3) is 0 Å². The first-order chi connectivity index (χ1) is 12.0. The summed E-state index contributed by atoms with van der Waals surface area (Å²) >= 11 is 0. The number of amides is 1. The molecule has 0 spiro atoms. The fourth-order valence-electron chi connectivity index (χ4n) is 2.15. The Kier molecular flexibility index (Phi) is 6.45. The van der Waals surface area contributed by atoms with Crippen LogP contribution in [0.2, 0.25) is 0 Å². The number of nitrogens with zero attached hydrogens (tertiary/aromatic N) is 2. The Balaban J connectivity index is 2.11. The molecule has 0 bridgehead atoms. The monoisotopic (exact) mass is 342 g/mol. The average Bonchev–Trinajstić information content (AvgIpc) is 2.61. The zero-order valence-corrected chi connectivity index (χ0v) is 14.6. The topological polar surface area (TPSA) is 93.2 Å². The predicted molar refractivity (Wildman–Crippen MR) is 95.1 cm³/mol. The number of esters is 1. The molecule has 0 radical (unpaired) electrons. The molecule has 2 rings (SSSR count). The van der Waals surface area contributed by atoms with Gasteiger partial charge in [-0.3, -0.25) is 4.79 Å². The average molecular weight is 342 g/mol. The summed E-state index contributed by atoms with van der Waals surface area (Å²) < 4.78 is 4.66. The minimum Gasteiger partial charge on any atom is -0.465 e. The Bertz CT molecular complexity index is 744. The van der Waals surface area contributed by atoms with Crippen LogP contribution in [0.1, 0.15) is 46.3 Å². The van der Waals surface area contributed by atoms with Crippen molar-refractivity contribution in [1.82, 2.24) is 15.3 Å². The van der Waals surface area contributed by atoms with Crippen molar-refractivity contribution in [3.63, 3.8) is 0 Å². The van der Waals surface area contributed by atoms with Crippen molar-refractivity contribution >= 4 is 23.5 Å². The third-order valence-electron chi connectivity index (χ3n) is 3.46. The predicted octanol–water partition coefficient (Wildman–Crippen LogP) is 2.85. The molecule has 2 N–H and O–H groups in total. The second kappa shape index (κ2) is 8.77. The van der Waals surface area contributed by atoms with Crippen molar-refractivity contribution in [2.75, 3.05) is 19.0 Å². The van der Waals surface area contributed by atoms with Crippen LogP contribution in [0.3, 0.4) is 0 Å². The van der Waals surface area contributed by atoms with Gasteiger partial charge in [0.1, 0.15) is 5.69 Å². The summed E-state index contributed by atoms with van der Waals surface area (Å²) in [5.74, 6) is -0.293. The molecule has 0 atom stereocenters. The molecule has 0 aliphatic carbocycles. The Morgan fingerprint density at radius 1 is 1.16 bits per heavy atom. The van der Waals surface area contributed by atoms with E-state index in [0.717, 1.165) is 12.8 Å². The van der Waals surface area contributed by atoms with Crippen molar-refractivity contribution in [2.24, 2.45) is 0 Å². The molecular weight excluding hydrogens is 320 g/mol. The molecule has 0 saturated heterocycles. The number of benzene rings is 1. The molecular formula is C18H22N4O3. The Morgan fingerprint density at radius 2 is 1.88 bits per heavy atom. The fourth-order valence-corrected chi connectivity index (χ4v) is 2.15. The van der Waals surface area contributed by atoms with Gasteiger partial charge in [-0.2, -0.15) is 0 Å². The number of hydrogen-bond donors (Lipinski definition) is 2. The van der Waals surface area contributed by atoms with Crippen molar-refractivity contribution in [3.05, 3.63) is 47.3 Å². The van der Waals surface area contributed by atoms with Crippen LogP contribution in [-0.4, -0.2) is 35.5 Å². The highest BCUT2D eigenvalue weighted by atomic mass is 16.5. The van der Waals surface area contributed by atoms with Gasteiger partial charge in [0.25, 0.3) is 5.91 Å². The summed E-state index contributed by atoms with van der Waals surface area (Å²) in [6.07, 6.45) is 1.94. The first kappa shape index (κ1) is 18.4. The maximum absolute atomic E-state index is 12.1. The van der Waals surface area contributed by atoms with Crippen LogP contribution >= 0.6 is 0 Å². The fraction of sp³-hybridized carbons (Fsp3) is 0.333. The molecule has 1 aromatic carbocycles. The van der Waals surface area contributed by atoms with E-state index in [0.29, 0.717) is 35.1 Å². The van der Waals surface area contributed by atoms with E-state index in [1.165, 1.54) is 7.11 Å². The normalized spacial score (nSPS) is 10.2. The zero-order valence-electron chi connectivity index (χ0n) is 14.6. The lowest BCUT2D eigenvalue weighted by Gasteiger charge is -2.09. The summed E-state index contributed by atoms with van der Waals surface area (Å²) in [7, 11) is 1.34. The number of aromatic nitrogens is 2. The zero-order chi connectivity index (χ0) is 18.2. The van der Waals surface area contributed by atoms with E-state index in [2.05, 4.69) is 32.3 Å². The van der Waals surface area contributed by atoms with Crippen molar-refractivity contribution in [1.29, 1.82) is 0 Å². The number of rotatable bonds is 7. The Labute approximate surface area is 146 Å². The maximum Gasteiger partial charge on any atom is 0.337 e. The maximum atomic E-state index is 12.1. The van der Waals surface area contributed by atoms with Crippen LogP contribution in [0.4, 0.5) is 11.6 Å². The lowest BCUT2D eigenvalue weighted by molar-refractivity contribution is 0.0600. The number of ether oxygens (including phenoxy) is 1. The number of aryl methyl sites for hydroxylation is 1. The first-order valence-electron chi connectivity index (χ1n) is 8.12. The molecule has 25 heavy (non-hydrogen) atoms. The number of carbonyl (C=O) groups excluding carboxylic acids is 2. The molecule has 0 saturated carbocycles. The third-order valence-corrected chi connectivity index (χ3v) is 3.46. The van der Waals surface area contributed by atoms with Gasteiger partial charge in [-0.15, -0.1) is 0 Å². The molecule has 1 amide bonds. The molecule has 7 heteroatoms. The Morgan fingerprint density at radius 3 is 2.52 bits per heavy atom.